The molecule has 1 amide bonds. The molecule has 0 radical (unpaired) electrons. The van der Waals surface area contributed by atoms with Crippen LogP contribution in [0.2, 0.25) is 0 Å². The molecule has 7 nitrogen and oxygen atoms in total. The fraction of sp³-hybridized carbons (Fsp3) is 0.538. The number of amides is 1. The predicted molar refractivity (Wildman–Crippen MR) is 82.2 cm³/mol. The first kappa shape index (κ1) is 15.6. The van der Waals surface area contributed by atoms with Crippen molar-refractivity contribution < 1.29 is 4.79 Å². The maximum atomic E-state index is 11.5. The molecule has 0 spiro atoms. The fourth-order valence-corrected chi connectivity index (χ4v) is 2.87. The summed E-state index contributed by atoms with van der Waals surface area (Å²) in [5.41, 5.74) is 0.967. The van der Waals surface area contributed by atoms with Crippen LogP contribution >= 0.6 is 11.3 Å². The molecule has 0 fully saturated rings. The number of anilines is 1. The molecule has 0 saturated carbocycles. The van der Waals surface area contributed by atoms with Crippen LogP contribution in [0.15, 0.2) is 11.7 Å². The third kappa shape index (κ3) is 4.61. The molecule has 114 valence electrons. The molecule has 0 atom stereocenters. The first-order valence-electron chi connectivity index (χ1n) is 6.98. The molecule has 0 saturated heterocycles. The first-order valence-corrected chi connectivity index (χ1v) is 7.86. The van der Waals surface area contributed by atoms with Crippen molar-refractivity contribution in [3.63, 3.8) is 0 Å². The SMILES string of the molecule is CCN(C(C)=O)c1nc(CNCCCc2ncn[nH]2)cs1. The van der Waals surface area contributed by atoms with E-state index in [0.717, 1.165) is 36.0 Å². The normalized spacial score (nSPS) is 10.8. The highest BCUT2D eigenvalue weighted by molar-refractivity contribution is 7.14. The summed E-state index contributed by atoms with van der Waals surface area (Å²) in [7, 11) is 0. The number of aromatic amines is 1. The van der Waals surface area contributed by atoms with Gasteiger partial charge in [0.05, 0.1) is 5.69 Å². The lowest BCUT2D eigenvalue weighted by Crippen LogP contribution is -2.27. The van der Waals surface area contributed by atoms with Crippen LogP contribution < -0.4 is 10.2 Å². The molecule has 21 heavy (non-hydrogen) atoms. The maximum Gasteiger partial charge on any atom is 0.225 e. The Hall–Kier alpha value is -1.80. The fourth-order valence-electron chi connectivity index (χ4n) is 1.94. The van der Waals surface area contributed by atoms with Crippen molar-refractivity contribution in [3.8, 4) is 0 Å². The summed E-state index contributed by atoms with van der Waals surface area (Å²) in [6, 6.07) is 0. The quantitative estimate of drug-likeness (QED) is 0.719. The molecule has 0 bridgehead atoms. The zero-order valence-corrected chi connectivity index (χ0v) is 13.1. The Labute approximate surface area is 127 Å². The number of thiazole rings is 1. The molecule has 2 heterocycles. The number of H-pyrrole nitrogens is 1. The zero-order valence-electron chi connectivity index (χ0n) is 12.3. The Kier molecular flexibility index (Phi) is 5.82. The van der Waals surface area contributed by atoms with Gasteiger partial charge >= 0.3 is 0 Å². The third-order valence-corrected chi connectivity index (χ3v) is 3.92. The van der Waals surface area contributed by atoms with E-state index in [2.05, 4.69) is 25.5 Å². The van der Waals surface area contributed by atoms with Crippen molar-refractivity contribution in [3.05, 3.63) is 23.2 Å². The predicted octanol–water partition coefficient (Wildman–Crippen LogP) is 1.36. The van der Waals surface area contributed by atoms with E-state index >= 15 is 0 Å². The summed E-state index contributed by atoms with van der Waals surface area (Å²) in [4.78, 5) is 21.7. The summed E-state index contributed by atoms with van der Waals surface area (Å²) in [6.07, 6.45) is 3.39. The molecule has 2 aromatic heterocycles. The number of carbonyl (C=O) groups excluding carboxylic acids is 1. The smallest absolute Gasteiger partial charge is 0.225 e. The lowest BCUT2D eigenvalue weighted by molar-refractivity contribution is -0.116. The number of aromatic nitrogens is 4. The van der Waals surface area contributed by atoms with Gasteiger partial charge in [-0.25, -0.2) is 9.97 Å². The minimum absolute atomic E-state index is 0.0263. The van der Waals surface area contributed by atoms with E-state index in [4.69, 9.17) is 0 Å². The van der Waals surface area contributed by atoms with E-state index in [0.29, 0.717) is 13.1 Å². The third-order valence-electron chi connectivity index (χ3n) is 3.01. The van der Waals surface area contributed by atoms with Gasteiger partial charge in [0.25, 0.3) is 0 Å². The van der Waals surface area contributed by atoms with Crippen molar-refractivity contribution in [2.75, 3.05) is 18.0 Å². The molecule has 2 aromatic rings. The average Bonchev–Trinajstić information content (AvgIpc) is 3.11. The molecule has 0 aromatic carbocycles. The van der Waals surface area contributed by atoms with Gasteiger partial charge in [0, 0.05) is 31.8 Å². The standard InChI is InChI=1S/C13H20N6OS/c1-3-19(10(2)20)13-17-11(8-21-13)7-14-6-4-5-12-15-9-16-18-12/h8-9,14H,3-7H2,1-2H3,(H,15,16,18). The van der Waals surface area contributed by atoms with E-state index in [1.807, 2.05) is 12.3 Å². The van der Waals surface area contributed by atoms with Crippen molar-refractivity contribution in [1.29, 1.82) is 0 Å². The summed E-state index contributed by atoms with van der Waals surface area (Å²) in [6.45, 7) is 5.75. The van der Waals surface area contributed by atoms with Gasteiger partial charge in [0.15, 0.2) is 5.13 Å². The molecule has 8 heteroatoms. The van der Waals surface area contributed by atoms with Crippen LogP contribution in [0.25, 0.3) is 0 Å². The Morgan fingerprint density at radius 2 is 2.38 bits per heavy atom. The molecular weight excluding hydrogens is 288 g/mol. The van der Waals surface area contributed by atoms with Gasteiger partial charge in [-0.1, -0.05) is 0 Å². The number of carbonyl (C=O) groups is 1. The van der Waals surface area contributed by atoms with Gasteiger partial charge < -0.3 is 5.32 Å². The second kappa shape index (κ2) is 7.84. The Bertz CT molecular complexity index is 553. The lowest BCUT2D eigenvalue weighted by Gasteiger charge is -2.14. The largest absolute Gasteiger partial charge is 0.311 e. The van der Waals surface area contributed by atoms with Crippen molar-refractivity contribution in [2.24, 2.45) is 0 Å². The molecular formula is C13H20N6OS. The molecule has 0 aliphatic carbocycles. The number of nitrogens with one attached hydrogen (secondary N) is 2. The highest BCUT2D eigenvalue weighted by Gasteiger charge is 2.12. The molecule has 0 aliphatic heterocycles. The lowest BCUT2D eigenvalue weighted by atomic mass is 10.3. The maximum absolute atomic E-state index is 11.5. The number of nitrogens with zero attached hydrogens (tertiary/aromatic N) is 4. The molecule has 2 rings (SSSR count). The average molecular weight is 308 g/mol. The molecule has 0 unspecified atom stereocenters. The Morgan fingerprint density at radius 3 is 3.05 bits per heavy atom. The van der Waals surface area contributed by atoms with Crippen LogP contribution in [-0.2, 0) is 17.8 Å². The number of rotatable bonds is 8. The Morgan fingerprint density at radius 1 is 1.52 bits per heavy atom. The number of aryl methyl sites for hydroxylation is 1. The first-order chi connectivity index (χ1) is 10.2. The molecule has 0 aliphatic rings. The van der Waals surface area contributed by atoms with Gasteiger partial charge in [-0.2, -0.15) is 5.10 Å². The van der Waals surface area contributed by atoms with Crippen LogP contribution in [-0.4, -0.2) is 39.2 Å². The van der Waals surface area contributed by atoms with Crippen molar-refractivity contribution in [2.45, 2.75) is 33.2 Å². The number of hydrogen-bond donors (Lipinski definition) is 2. The summed E-state index contributed by atoms with van der Waals surface area (Å²) >= 11 is 1.50. The van der Waals surface area contributed by atoms with E-state index in [-0.39, 0.29) is 5.91 Å². The zero-order chi connectivity index (χ0) is 15.1. The van der Waals surface area contributed by atoms with E-state index < -0.39 is 0 Å². The summed E-state index contributed by atoms with van der Waals surface area (Å²) < 4.78 is 0. The highest BCUT2D eigenvalue weighted by Crippen LogP contribution is 2.20. The van der Waals surface area contributed by atoms with Gasteiger partial charge in [0.2, 0.25) is 5.91 Å². The molecule has 2 N–H and O–H groups in total. The van der Waals surface area contributed by atoms with E-state index in [1.54, 1.807) is 11.8 Å². The minimum Gasteiger partial charge on any atom is -0.311 e. The van der Waals surface area contributed by atoms with Crippen LogP contribution in [0.1, 0.15) is 31.8 Å². The second-order valence-electron chi connectivity index (χ2n) is 4.60. The summed E-state index contributed by atoms with van der Waals surface area (Å²) in [5.74, 6) is 0.936. The monoisotopic (exact) mass is 308 g/mol. The summed E-state index contributed by atoms with van der Waals surface area (Å²) in [5, 5.41) is 12.8. The van der Waals surface area contributed by atoms with Gasteiger partial charge in [-0.15, -0.1) is 11.3 Å². The van der Waals surface area contributed by atoms with Crippen LogP contribution in [0.4, 0.5) is 5.13 Å². The number of hydrogen-bond acceptors (Lipinski definition) is 6. The van der Waals surface area contributed by atoms with Crippen LogP contribution in [0.3, 0.4) is 0 Å². The Balaban J connectivity index is 1.71. The van der Waals surface area contributed by atoms with Crippen LogP contribution in [0.5, 0.6) is 0 Å². The van der Waals surface area contributed by atoms with Crippen LogP contribution in [0, 0.1) is 0 Å². The van der Waals surface area contributed by atoms with E-state index in [9.17, 15) is 4.79 Å². The second-order valence-corrected chi connectivity index (χ2v) is 5.43. The van der Waals surface area contributed by atoms with Gasteiger partial charge in [-0.3, -0.25) is 14.8 Å². The van der Waals surface area contributed by atoms with Gasteiger partial charge in [-0.05, 0) is 19.9 Å². The van der Waals surface area contributed by atoms with Crippen molar-refractivity contribution in [1.82, 2.24) is 25.5 Å². The van der Waals surface area contributed by atoms with Crippen molar-refractivity contribution >= 4 is 22.4 Å². The van der Waals surface area contributed by atoms with E-state index in [1.165, 1.54) is 17.7 Å². The minimum atomic E-state index is 0.0263. The highest BCUT2D eigenvalue weighted by atomic mass is 32.1. The van der Waals surface area contributed by atoms with Gasteiger partial charge in [0.1, 0.15) is 12.2 Å². The topological polar surface area (TPSA) is 86.8 Å².